The largest absolute Gasteiger partial charge is 0.416 e. The molecule has 0 bridgehead atoms. The Labute approximate surface area is 186 Å². The molecule has 0 unspecified atom stereocenters. The second-order valence-corrected chi connectivity index (χ2v) is 7.43. The van der Waals surface area contributed by atoms with Crippen LogP contribution in [-0.2, 0) is 23.9 Å². The Morgan fingerprint density at radius 3 is 2.47 bits per heavy atom. The van der Waals surface area contributed by atoms with Gasteiger partial charge in [-0.25, -0.2) is 4.98 Å². The van der Waals surface area contributed by atoms with Gasteiger partial charge in [-0.3, -0.25) is 14.2 Å². The van der Waals surface area contributed by atoms with Crippen LogP contribution < -0.4 is 10.9 Å². The first kappa shape index (κ1) is 23.5. The van der Waals surface area contributed by atoms with Crippen LogP contribution >= 0.6 is 11.6 Å². The number of halogens is 4. The number of anilines is 1. The van der Waals surface area contributed by atoms with Gasteiger partial charge in [-0.1, -0.05) is 29.8 Å². The average Bonchev–Trinajstić information content (AvgIpc) is 2.72. The molecule has 0 saturated carbocycles. The number of amides is 1. The molecule has 0 aliphatic carbocycles. The normalized spacial score (nSPS) is 11.4. The molecule has 6 nitrogen and oxygen atoms in total. The lowest BCUT2D eigenvalue weighted by molar-refractivity contribution is -0.137. The number of aliphatic hydroxyl groups excluding tert-OH is 1. The number of carbonyl (C=O) groups excluding carboxylic acids is 1. The van der Waals surface area contributed by atoms with E-state index in [4.69, 9.17) is 11.6 Å². The standard InChI is InChI=1S/C22H19ClF3N3O3/c1-13-18(9-10-30)21(32)29(12-19(31)28-17-4-2-3-16(23)11-17)20(27-13)14-5-7-15(8-6-14)22(24,25)26/h2-8,11,30H,9-10,12H2,1H3,(H,28,31). The Morgan fingerprint density at radius 2 is 1.88 bits per heavy atom. The topological polar surface area (TPSA) is 84.2 Å². The van der Waals surface area contributed by atoms with Gasteiger partial charge in [0.1, 0.15) is 12.4 Å². The van der Waals surface area contributed by atoms with Crippen LogP contribution in [0.2, 0.25) is 5.02 Å². The van der Waals surface area contributed by atoms with E-state index in [9.17, 15) is 27.9 Å². The first-order valence-corrected chi connectivity index (χ1v) is 9.92. The minimum atomic E-state index is -4.51. The minimum absolute atomic E-state index is 0.0286. The van der Waals surface area contributed by atoms with Gasteiger partial charge < -0.3 is 10.4 Å². The van der Waals surface area contributed by atoms with E-state index >= 15 is 0 Å². The third-order valence-corrected chi connectivity index (χ3v) is 4.95. The van der Waals surface area contributed by atoms with Crippen LogP contribution in [0.1, 0.15) is 16.8 Å². The maximum Gasteiger partial charge on any atom is 0.416 e. The third-order valence-electron chi connectivity index (χ3n) is 4.71. The molecule has 1 heterocycles. The third kappa shape index (κ3) is 5.35. The highest BCUT2D eigenvalue weighted by atomic mass is 35.5. The van der Waals surface area contributed by atoms with Crippen LogP contribution in [0.3, 0.4) is 0 Å². The summed E-state index contributed by atoms with van der Waals surface area (Å²) >= 11 is 5.92. The lowest BCUT2D eigenvalue weighted by atomic mass is 10.1. The number of hydrogen-bond donors (Lipinski definition) is 2. The van der Waals surface area contributed by atoms with Gasteiger partial charge >= 0.3 is 6.18 Å². The van der Waals surface area contributed by atoms with Crippen LogP contribution in [0.15, 0.2) is 53.3 Å². The molecular weight excluding hydrogens is 447 g/mol. The Balaban J connectivity index is 2.03. The number of rotatable bonds is 6. The van der Waals surface area contributed by atoms with Crippen molar-refractivity contribution in [2.45, 2.75) is 26.1 Å². The summed E-state index contributed by atoms with van der Waals surface area (Å²) in [6, 6.07) is 10.6. The van der Waals surface area contributed by atoms with Gasteiger partial charge in [0, 0.05) is 40.6 Å². The molecule has 0 fully saturated rings. The monoisotopic (exact) mass is 465 g/mol. The number of alkyl halides is 3. The number of nitrogens with one attached hydrogen (secondary N) is 1. The molecule has 2 aromatic carbocycles. The van der Waals surface area contributed by atoms with Crippen LogP contribution in [0, 0.1) is 6.92 Å². The zero-order valence-corrected chi connectivity index (χ0v) is 17.7. The first-order valence-electron chi connectivity index (χ1n) is 9.54. The highest BCUT2D eigenvalue weighted by molar-refractivity contribution is 6.30. The van der Waals surface area contributed by atoms with Gasteiger partial charge in [0.25, 0.3) is 5.56 Å². The van der Waals surface area contributed by atoms with Crippen molar-refractivity contribution in [1.82, 2.24) is 9.55 Å². The fraction of sp³-hybridized carbons (Fsp3) is 0.227. The van der Waals surface area contributed by atoms with Gasteiger partial charge in [-0.05, 0) is 37.3 Å². The van der Waals surface area contributed by atoms with Gasteiger partial charge in [0.05, 0.1) is 5.56 Å². The lowest BCUT2D eigenvalue weighted by Crippen LogP contribution is -2.33. The van der Waals surface area contributed by atoms with Gasteiger partial charge in [0.15, 0.2) is 0 Å². The highest BCUT2D eigenvalue weighted by Gasteiger charge is 2.30. The molecule has 0 aliphatic rings. The summed E-state index contributed by atoms with van der Waals surface area (Å²) in [4.78, 5) is 30.1. The van der Waals surface area contributed by atoms with Gasteiger partial charge in [-0.2, -0.15) is 13.2 Å². The van der Waals surface area contributed by atoms with Crippen molar-refractivity contribution < 1.29 is 23.1 Å². The quantitative estimate of drug-likeness (QED) is 0.575. The Hall–Kier alpha value is -3.17. The van der Waals surface area contributed by atoms with Crippen molar-refractivity contribution in [3.05, 3.63) is 80.7 Å². The Morgan fingerprint density at radius 1 is 1.19 bits per heavy atom. The minimum Gasteiger partial charge on any atom is -0.396 e. The van der Waals surface area contributed by atoms with E-state index in [-0.39, 0.29) is 30.0 Å². The maximum atomic E-state index is 13.1. The molecule has 0 aliphatic heterocycles. The van der Waals surface area contributed by atoms with Crippen LogP contribution in [-0.4, -0.2) is 27.2 Å². The van der Waals surface area contributed by atoms with Crippen molar-refractivity contribution in [2.75, 3.05) is 11.9 Å². The van der Waals surface area contributed by atoms with Crippen LogP contribution in [0.5, 0.6) is 0 Å². The molecule has 168 valence electrons. The summed E-state index contributed by atoms with van der Waals surface area (Å²) in [5, 5.41) is 12.3. The van der Waals surface area contributed by atoms with Gasteiger partial charge in [-0.15, -0.1) is 0 Å². The summed E-state index contributed by atoms with van der Waals surface area (Å²) in [6.45, 7) is 0.829. The van der Waals surface area contributed by atoms with Crippen LogP contribution in [0.4, 0.5) is 18.9 Å². The Kier molecular flexibility index (Phi) is 7.00. The summed E-state index contributed by atoms with van der Waals surface area (Å²) < 4.78 is 39.8. The van der Waals surface area contributed by atoms with Crippen molar-refractivity contribution in [1.29, 1.82) is 0 Å². The van der Waals surface area contributed by atoms with Crippen molar-refractivity contribution in [3.63, 3.8) is 0 Å². The van der Waals surface area contributed by atoms with Crippen molar-refractivity contribution >= 4 is 23.2 Å². The zero-order chi connectivity index (χ0) is 23.5. The molecule has 0 spiro atoms. The SMILES string of the molecule is Cc1nc(-c2ccc(C(F)(F)F)cc2)n(CC(=O)Nc2cccc(Cl)c2)c(=O)c1CCO. The number of aliphatic hydroxyl groups is 1. The van der Waals surface area contributed by atoms with E-state index in [0.29, 0.717) is 16.4 Å². The molecule has 1 amide bonds. The summed E-state index contributed by atoms with van der Waals surface area (Å²) in [6.07, 6.45) is -4.48. The molecule has 10 heteroatoms. The number of aryl methyl sites for hydroxylation is 1. The highest BCUT2D eigenvalue weighted by Crippen LogP contribution is 2.30. The fourth-order valence-electron chi connectivity index (χ4n) is 3.19. The number of nitrogens with zero attached hydrogens (tertiary/aromatic N) is 2. The predicted octanol–water partition coefficient (Wildman–Crippen LogP) is 4.06. The second-order valence-electron chi connectivity index (χ2n) is 7.00. The van der Waals surface area contributed by atoms with Crippen LogP contribution in [0.25, 0.3) is 11.4 Å². The fourth-order valence-corrected chi connectivity index (χ4v) is 3.38. The van der Waals surface area contributed by atoms with Crippen molar-refractivity contribution in [2.24, 2.45) is 0 Å². The molecule has 3 rings (SSSR count). The number of benzene rings is 2. The average molecular weight is 466 g/mol. The number of carbonyl (C=O) groups is 1. The molecule has 1 aromatic heterocycles. The zero-order valence-electron chi connectivity index (χ0n) is 16.9. The summed E-state index contributed by atoms with van der Waals surface area (Å²) in [5.74, 6) is -0.507. The second kappa shape index (κ2) is 9.54. The van der Waals surface area contributed by atoms with Gasteiger partial charge in [0.2, 0.25) is 5.91 Å². The molecule has 0 saturated heterocycles. The summed E-state index contributed by atoms with van der Waals surface area (Å²) in [5.41, 5.74) is -0.194. The molecule has 3 aromatic rings. The number of hydrogen-bond acceptors (Lipinski definition) is 4. The smallest absolute Gasteiger partial charge is 0.396 e. The molecule has 2 N–H and O–H groups in total. The molecule has 32 heavy (non-hydrogen) atoms. The Bertz CT molecular complexity index is 1190. The summed E-state index contributed by atoms with van der Waals surface area (Å²) in [7, 11) is 0. The van der Waals surface area contributed by atoms with E-state index in [1.165, 1.54) is 18.2 Å². The number of aromatic nitrogens is 2. The van der Waals surface area contributed by atoms with E-state index < -0.39 is 29.8 Å². The molecule has 0 radical (unpaired) electrons. The van der Waals surface area contributed by atoms with E-state index in [1.54, 1.807) is 25.1 Å². The van der Waals surface area contributed by atoms with E-state index in [2.05, 4.69) is 10.3 Å². The lowest BCUT2D eigenvalue weighted by Gasteiger charge is -2.16. The van der Waals surface area contributed by atoms with E-state index in [1.807, 2.05) is 0 Å². The maximum absolute atomic E-state index is 13.1. The molecular formula is C22H19ClF3N3O3. The van der Waals surface area contributed by atoms with Crippen molar-refractivity contribution in [3.8, 4) is 11.4 Å². The molecule has 0 atom stereocenters. The predicted molar refractivity (Wildman–Crippen MR) is 115 cm³/mol. The van der Waals surface area contributed by atoms with E-state index in [0.717, 1.165) is 16.7 Å². The first-order chi connectivity index (χ1) is 15.1.